The van der Waals surface area contributed by atoms with Gasteiger partial charge >= 0.3 is 0 Å². The number of ether oxygens (including phenoxy) is 1. The lowest BCUT2D eigenvalue weighted by Gasteiger charge is -2.58. The summed E-state index contributed by atoms with van der Waals surface area (Å²) in [4.78, 5) is 0. The van der Waals surface area contributed by atoms with Gasteiger partial charge in [-0.3, -0.25) is 0 Å². The first kappa shape index (κ1) is 16.7. The Labute approximate surface area is 143 Å². The van der Waals surface area contributed by atoms with E-state index in [0.29, 0.717) is 25.2 Å². The van der Waals surface area contributed by atoms with E-state index in [-0.39, 0.29) is 17.4 Å². The Morgan fingerprint density at radius 2 is 2.08 bits per heavy atom. The fourth-order valence-corrected chi connectivity index (χ4v) is 6.14. The molecular weight excluding hydrogens is 307 g/mol. The van der Waals surface area contributed by atoms with E-state index in [9.17, 15) is 10.2 Å². The van der Waals surface area contributed by atoms with Crippen LogP contribution in [0.15, 0.2) is 23.8 Å². The molecule has 0 saturated heterocycles. The summed E-state index contributed by atoms with van der Waals surface area (Å²) in [6, 6.07) is 0. The predicted molar refractivity (Wildman–Crippen MR) is 90.2 cm³/mol. The van der Waals surface area contributed by atoms with Gasteiger partial charge in [-0.25, -0.2) is 4.39 Å². The molecule has 4 rings (SSSR count). The van der Waals surface area contributed by atoms with Crippen molar-refractivity contribution in [2.45, 2.75) is 75.3 Å². The number of aliphatic hydroxyl groups excluding tert-OH is 1. The maximum atomic E-state index is 15.5. The van der Waals surface area contributed by atoms with E-state index < -0.39 is 17.4 Å². The molecule has 0 heterocycles. The average molecular weight is 336 g/mol. The van der Waals surface area contributed by atoms with Crippen LogP contribution in [0.5, 0.6) is 0 Å². The van der Waals surface area contributed by atoms with Crippen LogP contribution >= 0.6 is 0 Å². The Hall–Kier alpha value is -0.710. The van der Waals surface area contributed by atoms with Crippen LogP contribution in [0.2, 0.25) is 0 Å². The highest BCUT2D eigenvalue weighted by Gasteiger charge is 2.68. The van der Waals surface area contributed by atoms with Gasteiger partial charge in [-0.2, -0.15) is 0 Å². The van der Waals surface area contributed by atoms with E-state index in [2.05, 4.69) is 19.1 Å². The highest BCUT2D eigenvalue weighted by molar-refractivity contribution is 5.34. The van der Waals surface area contributed by atoms with Crippen LogP contribution in [-0.4, -0.2) is 40.8 Å². The monoisotopic (exact) mass is 336 g/mol. The normalized spacial score (nSPS) is 53.6. The summed E-state index contributed by atoms with van der Waals surface area (Å²) in [6.07, 6.45) is 9.32. The summed E-state index contributed by atoms with van der Waals surface area (Å²) in [5.74, 6) is 0.321. The van der Waals surface area contributed by atoms with Crippen molar-refractivity contribution >= 4 is 0 Å². The summed E-state index contributed by atoms with van der Waals surface area (Å²) >= 11 is 0. The third-order valence-corrected chi connectivity index (χ3v) is 7.46. The second kappa shape index (κ2) is 5.39. The molecule has 0 aromatic rings. The zero-order valence-electron chi connectivity index (χ0n) is 14.7. The molecule has 2 saturated carbocycles. The summed E-state index contributed by atoms with van der Waals surface area (Å²) < 4.78 is 21.3. The number of aliphatic hydroxyl groups is 2. The van der Waals surface area contributed by atoms with Crippen molar-refractivity contribution in [2.75, 3.05) is 7.11 Å². The molecule has 134 valence electrons. The Kier molecular flexibility index (Phi) is 3.76. The molecule has 4 aliphatic rings. The molecule has 24 heavy (non-hydrogen) atoms. The minimum Gasteiger partial charge on any atom is -0.393 e. The van der Waals surface area contributed by atoms with E-state index in [1.807, 2.05) is 6.08 Å². The van der Waals surface area contributed by atoms with Crippen molar-refractivity contribution in [3.8, 4) is 0 Å². The van der Waals surface area contributed by atoms with Crippen molar-refractivity contribution in [1.82, 2.24) is 0 Å². The maximum Gasteiger partial charge on any atom is 0.146 e. The summed E-state index contributed by atoms with van der Waals surface area (Å²) in [6.45, 7) is 2.07. The number of fused-ring (bicyclic) bond motifs is 4. The van der Waals surface area contributed by atoms with Crippen molar-refractivity contribution in [3.05, 3.63) is 23.8 Å². The first-order chi connectivity index (χ1) is 11.3. The minimum atomic E-state index is -1.29. The molecule has 0 amide bonds. The van der Waals surface area contributed by atoms with Crippen LogP contribution in [0.4, 0.5) is 4.39 Å². The van der Waals surface area contributed by atoms with Crippen LogP contribution in [0, 0.1) is 17.3 Å². The molecular formula is C20H29FO3. The van der Waals surface area contributed by atoms with Crippen LogP contribution in [0.25, 0.3) is 0 Å². The van der Waals surface area contributed by atoms with Gasteiger partial charge in [-0.15, -0.1) is 0 Å². The van der Waals surface area contributed by atoms with E-state index in [4.69, 9.17) is 4.74 Å². The molecule has 7 atom stereocenters. The van der Waals surface area contributed by atoms with Gasteiger partial charge in [0.1, 0.15) is 17.4 Å². The standard InChI is InChI=1S/C20H29FO3/c1-18-8-3-4-16(18)19(23)9-7-13-5-6-15(22)10-14(13)11-20(19,24-2)17(21)12-18/h3,8,11,13,15-17,22-23H,4-7,9-10,12H2,1-2H3/t13?,15?,16?,17?,18?,19-,20?/m0/s1. The number of hydrogen-bond acceptors (Lipinski definition) is 3. The highest BCUT2D eigenvalue weighted by Crippen LogP contribution is 2.61. The number of rotatable bonds is 1. The molecule has 0 aromatic carbocycles. The largest absolute Gasteiger partial charge is 0.393 e. The van der Waals surface area contributed by atoms with Crippen LogP contribution < -0.4 is 0 Å². The van der Waals surface area contributed by atoms with Gasteiger partial charge in [-0.05, 0) is 62.4 Å². The highest BCUT2D eigenvalue weighted by atomic mass is 19.1. The van der Waals surface area contributed by atoms with Gasteiger partial charge in [0, 0.05) is 13.0 Å². The van der Waals surface area contributed by atoms with Crippen molar-refractivity contribution in [2.24, 2.45) is 17.3 Å². The first-order valence-corrected chi connectivity index (χ1v) is 9.33. The number of halogens is 1. The van der Waals surface area contributed by atoms with Gasteiger partial charge in [-0.1, -0.05) is 24.6 Å². The Balaban J connectivity index is 1.83. The lowest BCUT2D eigenvalue weighted by atomic mass is 9.54. The third kappa shape index (κ3) is 2.06. The molecule has 2 N–H and O–H groups in total. The fourth-order valence-electron chi connectivity index (χ4n) is 6.14. The number of methoxy groups -OCH3 is 1. The lowest BCUT2D eigenvalue weighted by Crippen LogP contribution is -2.69. The topological polar surface area (TPSA) is 49.7 Å². The molecule has 0 spiro atoms. The molecule has 4 aliphatic carbocycles. The quantitative estimate of drug-likeness (QED) is 0.722. The van der Waals surface area contributed by atoms with Gasteiger partial charge in [0.15, 0.2) is 0 Å². The van der Waals surface area contributed by atoms with E-state index in [1.165, 1.54) is 7.11 Å². The molecule has 0 radical (unpaired) electrons. The summed E-state index contributed by atoms with van der Waals surface area (Å²) in [7, 11) is 1.53. The Morgan fingerprint density at radius 1 is 1.29 bits per heavy atom. The molecule has 2 fully saturated rings. The van der Waals surface area contributed by atoms with Gasteiger partial charge in [0.25, 0.3) is 0 Å². The lowest BCUT2D eigenvalue weighted by molar-refractivity contribution is -0.243. The smallest absolute Gasteiger partial charge is 0.146 e. The zero-order valence-corrected chi connectivity index (χ0v) is 14.7. The second-order valence-corrected chi connectivity index (χ2v) is 8.68. The average Bonchev–Trinajstić information content (AvgIpc) is 2.86. The molecule has 0 aliphatic heterocycles. The molecule has 4 heteroatoms. The molecule has 0 aromatic heterocycles. The van der Waals surface area contributed by atoms with Crippen LogP contribution in [0.1, 0.15) is 51.9 Å². The molecule has 0 bridgehead atoms. The predicted octanol–water partition coefficient (Wildman–Crippen LogP) is 3.31. The molecule has 6 unspecified atom stereocenters. The SMILES string of the molecule is COC12C=C3CC(O)CCC3CC[C@]1(O)C1CC=CC1(C)CC2F. The van der Waals surface area contributed by atoms with Crippen molar-refractivity contribution in [3.63, 3.8) is 0 Å². The fraction of sp³-hybridized carbons (Fsp3) is 0.800. The van der Waals surface area contributed by atoms with Gasteiger partial charge < -0.3 is 14.9 Å². The maximum absolute atomic E-state index is 15.5. The van der Waals surface area contributed by atoms with E-state index in [0.717, 1.165) is 31.3 Å². The zero-order chi connectivity index (χ0) is 17.2. The second-order valence-electron chi connectivity index (χ2n) is 8.68. The van der Waals surface area contributed by atoms with E-state index in [1.54, 1.807) is 0 Å². The number of hydrogen-bond donors (Lipinski definition) is 2. The van der Waals surface area contributed by atoms with Crippen LogP contribution in [-0.2, 0) is 4.74 Å². The van der Waals surface area contributed by atoms with Crippen molar-refractivity contribution < 1.29 is 19.3 Å². The Bertz CT molecular complexity index is 587. The molecule has 3 nitrogen and oxygen atoms in total. The number of allylic oxidation sites excluding steroid dienone is 2. The first-order valence-electron chi connectivity index (χ1n) is 9.33. The van der Waals surface area contributed by atoms with Gasteiger partial charge in [0.05, 0.1) is 6.10 Å². The summed E-state index contributed by atoms with van der Waals surface area (Å²) in [5, 5.41) is 21.9. The van der Waals surface area contributed by atoms with Crippen molar-refractivity contribution in [1.29, 1.82) is 0 Å². The van der Waals surface area contributed by atoms with Crippen LogP contribution in [0.3, 0.4) is 0 Å². The number of alkyl halides is 1. The summed E-state index contributed by atoms with van der Waals surface area (Å²) in [5.41, 5.74) is -1.70. The third-order valence-electron chi connectivity index (χ3n) is 7.46. The Morgan fingerprint density at radius 3 is 2.83 bits per heavy atom. The van der Waals surface area contributed by atoms with Gasteiger partial charge in [0.2, 0.25) is 0 Å². The van der Waals surface area contributed by atoms with E-state index >= 15 is 4.39 Å². The minimum absolute atomic E-state index is 0.0149.